The number of halogens is 1. The van der Waals surface area contributed by atoms with Crippen LogP contribution in [0.4, 0.5) is 0 Å². The Morgan fingerprint density at radius 2 is 2.00 bits per heavy atom. The Morgan fingerprint density at radius 1 is 1.50 bits per heavy atom. The van der Waals surface area contributed by atoms with Crippen LogP contribution < -0.4 is 0 Å². The fourth-order valence-corrected chi connectivity index (χ4v) is 1.98. The van der Waals surface area contributed by atoms with Crippen LogP contribution in [-0.4, -0.2) is 50.3 Å². The normalized spacial score (nSPS) is 15.1. The van der Waals surface area contributed by atoms with Crippen molar-refractivity contribution in [2.45, 2.75) is 11.8 Å². The molecule has 1 unspecified atom stereocenters. The Morgan fingerprint density at radius 3 is 2.33 bits per heavy atom. The highest BCUT2D eigenvalue weighted by Crippen LogP contribution is 1.99. The Kier molecular flexibility index (Phi) is 5.36. The van der Waals surface area contributed by atoms with E-state index in [0.29, 0.717) is 11.4 Å². The van der Waals surface area contributed by atoms with E-state index in [-0.39, 0.29) is 5.75 Å². The molecular weight excluding hydrogens is 242 g/mol. The molecule has 0 aromatic carbocycles. The van der Waals surface area contributed by atoms with Gasteiger partial charge in [0.15, 0.2) is 0 Å². The summed E-state index contributed by atoms with van der Waals surface area (Å²) in [6.45, 7) is 3.52. The number of rotatable bonds is 5. The van der Waals surface area contributed by atoms with Gasteiger partial charge < -0.3 is 4.90 Å². The molecule has 0 aromatic heterocycles. The van der Waals surface area contributed by atoms with Crippen molar-refractivity contribution in [2.24, 2.45) is 0 Å². The molecule has 0 aliphatic carbocycles. The maximum Gasteiger partial charge on any atom is 0.148 e. The van der Waals surface area contributed by atoms with Gasteiger partial charge >= 0.3 is 0 Å². The van der Waals surface area contributed by atoms with Crippen molar-refractivity contribution in [2.75, 3.05) is 32.1 Å². The molecule has 0 spiro atoms. The summed E-state index contributed by atoms with van der Waals surface area (Å²) in [7, 11) is -0.892. The molecule has 0 saturated heterocycles. The number of sulfone groups is 1. The van der Waals surface area contributed by atoms with Gasteiger partial charge in [0.1, 0.15) is 9.84 Å². The minimum Gasteiger partial charge on any atom is -0.304 e. The van der Waals surface area contributed by atoms with Crippen molar-refractivity contribution in [3.05, 3.63) is 0 Å². The van der Waals surface area contributed by atoms with Gasteiger partial charge in [0.05, 0.1) is 5.75 Å². The Balaban J connectivity index is 3.65. The molecule has 0 heterocycles. The highest BCUT2D eigenvalue weighted by molar-refractivity contribution is 9.09. The van der Waals surface area contributed by atoms with Crippen molar-refractivity contribution in [1.29, 1.82) is 0 Å². The second-order valence-corrected chi connectivity index (χ2v) is 7.00. The lowest BCUT2D eigenvalue weighted by Crippen LogP contribution is -2.29. The van der Waals surface area contributed by atoms with E-state index in [1.165, 1.54) is 6.26 Å². The van der Waals surface area contributed by atoms with Gasteiger partial charge in [0.2, 0.25) is 0 Å². The van der Waals surface area contributed by atoms with Gasteiger partial charge in [0.25, 0.3) is 0 Å². The molecule has 3 nitrogen and oxygen atoms in total. The maximum absolute atomic E-state index is 10.8. The first-order valence-electron chi connectivity index (χ1n) is 3.81. The molecule has 0 saturated carbocycles. The maximum atomic E-state index is 10.8. The quantitative estimate of drug-likeness (QED) is 0.683. The molecule has 0 rings (SSSR count). The van der Waals surface area contributed by atoms with Crippen LogP contribution in [0.5, 0.6) is 0 Å². The fourth-order valence-electron chi connectivity index (χ4n) is 0.842. The molecule has 5 heteroatoms. The van der Waals surface area contributed by atoms with Crippen LogP contribution in [0.2, 0.25) is 0 Å². The zero-order valence-corrected chi connectivity index (χ0v) is 10.2. The molecule has 0 bridgehead atoms. The van der Waals surface area contributed by atoms with E-state index in [2.05, 4.69) is 15.9 Å². The van der Waals surface area contributed by atoms with Crippen LogP contribution in [-0.2, 0) is 9.84 Å². The smallest absolute Gasteiger partial charge is 0.148 e. The van der Waals surface area contributed by atoms with Gasteiger partial charge in [-0.15, -0.1) is 0 Å². The number of nitrogens with zero attached hydrogens (tertiary/aromatic N) is 1. The predicted molar refractivity (Wildman–Crippen MR) is 55.6 cm³/mol. The summed E-state index contributed by atoms with van der Waals surface area (Å²) >= 11 is 3.40. The van der Waals surface area contributed by atoms with Gasteiger partial charge in [-0.25, -0.2) is 8.42 Å². The van der Waals surface area contributed by atoms with E-state index in [1.54, 1.807) is 0 Å². The average Bonchev–Trinajstić information content (AvgIpc) is 1.80. The van der Waals surface area contributed by atoms with Crippen molar-refractivity contribution < 1.29 is 8.42 Å². The predicted octanol–water partition coefficient (Wildman–Crippen LogP) is 0.746. The average molecular weight is 258 g/mol. The van der Waals surface area contributed by atoms with E-state index >= 15 is 0 Å². The second kappa shape index (κ2) is 5.19. The molecular formula is C7H16BrNO2S. The summed E-state index contributed by atoms with van der Waals surface area (Å²) in [6, 6.07) is 0. The summed E-state index contributed by atoms with van der Waals surface area (Å²) in [5.41, 5.74) is 0. The molecule has 0 aliphatic heterocycles. The van der Waals surface area contributed by atoms with Crippen molar-refractivity contribution in [3.63, 3.8) is 0 Å². The van der Waals surface area contributed by atoms with Crippen LogP contribution >= 0.6 is 15.9 Å². The lowest BCUT2D eigenvalue weighted by molar-refractivity contribution is 0.360. The first kappa shape index (κ1) is 12.4. The first-order valence-corrected chi connectivity index (χ1v) is 6.79. The Bertz CT molecular complexity index is 213. The van der Waals surface area contributed by atoms with Crippen molar-refractivity contribution >= 4 is 25.8 Å². The van der Waals surface area contributed by atoms with Gasteiger partial charge in [-0.2, -0.15) is 0 Å². The fraction of sp³-hybridized carbons (Fsp3) is 1.00. The van der Waals surface area contributed by atoms with Crippen LogP contribution in [0.15, 0.2) is 0 Å². The molecule has 12 heavy (non-hydrogen) atoms. The standard InChI is InChI=1S/C7H16BrNO2S/c1-7(8)6-9(2)4-5-12(3,10)11/h7H,4-6H2,1-3H3. The summed E-state index contributed by atoms with van der Waals surface area (Å²) in [4.78, 5) is 2.41. The summed E-state index contributed by atoms with van der Waals surface area (Å²) < 4.78 is 21.6. The third-order valence-corrected chi connectivity index (χ3v) is 2.62. The van der Waals surface area contributed by atoms with Crippen LogP contribution in [0, 0.1) is 0 Å². The first-order chi connectivity index (χ1) is 5.31. The van der Waals surface area contributed by atoms with Gasteiger partial charge in [-0.1, -0.05) is 22.9 Å². The van der Waals surface area contributed by atoms with E-state index in [4.69, 9.17) is 0 Å². The third kappa shape index (κ3) is 8.49. The van der Waals surface area contributed by atoms with E-state index < -0.39 is 9.84 Å². The van der Waals surface area contributed by atoms with Crippen LogP contribution in [0.25, 0.3) is 0 Å². The molecule has 0 fully saturated rings. The second-order valence-electron chi connectivity index (χ2n) is 3.17. The Labute approximate surface area is 83.2 Å². The van der Waals surface area contributed by atoms with Gasteiger partial charge in [-0.05, 0) is 7.05 Å². The molecule has 0 aromatic rings. The summed E-state index contributed by atoms with van der Waals surface area (Å²) in [6.07, 6.45) is 1.26. The van der Waals surface area contributed by atoms with E-state index in [1.807, 2.05) is 18.9 Å². The molecule has 0 aliphatic rings. The van der Waals surface area contributed by atoms with Crippen molar-refractivity contribution in [3.8, 4) is 0 Å². The molecule has 0 N–H and O–H groups in total. The monoisotopic (exact) mass is 257 g/mol. The highest BCUT2D eigenvalue weighted by Gasteiger charge is 2.06. The van der Waals surface area contributed by atoms with E-state index in [9.17, 15) is 8.42 Å². The zero-order valence-electron chi connectivity index (χ0n) is 7.75. The lowest BCUT2D eigenvalue weighted by Gasteiger charge is -2.16. The number of alkyl halides is 1. The molecule has 1 atom stereocenters. The summed E-state index contributed by atoms with van der Waals surface area (Å²) in [5, 5.41) is 0. The zero-order chi connectivity index (χ0) is 9.78. The highest BCUT2D eigenvalue weighted by atomic mass is 79.9. The Hall–Kier alpha value is 0.390. The van der Waals surface area contributed by atoms with Gasteiger partial charge in [-0.3, -0.25) is 0 Å². The third-order valence-electron chi connectivity index (χ3n) is 1.41. The molecule has 74 valence electrons. The number of hydrogen-bond donors (Lipinski definition) is 0. The minimum absolute atomic E-state index is 0.239. The topological polar surface area (TPSA) is 37.4 Å². The molecule has 0 radical (unpaired) electrons. The lowest BCUT2D eigenvalue weighted by atomic mass is 10.4. The van der Waals surface area contributed by atoms with Crippen LogP contribution in [0.1, 0.15) is 6.92 Å². The van der Waals surface area contributed by atoms with Crippen molar-refractivity contribution in [1.82, 2.24) is 4.90 Å². The van der Waals surface area contributed by atoms with Crippen LogP contribution in [0.3, 0.4) is 0 Å². The largest absolute Gasteiger partial charge is 0.304 e. The number of hydrogen-bond acceptors (Lipinski definition) is 3. The van der Waals surface area contributed by atoms with Gasteiger partial charge in [0, 0.05) is 24.2 Å². The SMILES string of the molecule is CC(Br)CN(C)CCS(C)(=O)=O. The van der Waals surface area contributed by atoms with E-state index in [0.717, 1.165) is 6.54 Å². The minimum atomic E-state index is -2.81. The summed E-state index contributed by atoms with van der Waals surface area (Å²) in [5.74, 6) is 0.239. The molecule has 0 amide bonds.